The molecule has 0 N–H and O–H groups in total. The van der Waals surface area contributed by atoms with E-state index < -0.39 is 6.43 Å². The van der Waals surface area contributed by atoms with Gasteiger partial charge in [-0.1, -0.05) is 0 Å². The molecule has 94 valence electrons. The number of alkyl halides is 3. The zero-order valence-corrected chi connectivity index (χ0v) is 11.3. The van der Waals surface area contributed by atoms with Gasteiger partial charge in [0.1, 0.15) is 5.69 Å². The van der Waals surface area contributed by atoms with Crippen LogP contribution in [0.15, 0.2) is 29.1 Å². The molecule has 0 radical (unpaired) electrons. The van der Waals surface area contributed by atoms with Crippen LogP contribution in [0.25, 0.3) is 11.4 Å². The van der Waals surface area contributed by atoms with Crippen LogP contribution >= 0.6 is 27.5 Å². The zero-order chi connectivity index (χ0) is 13.1. The summed E-state index contributed by atoms with van der Waals surface area (Å²) in [5.41, 5.74) is 0.459. The van der Waals surface area contributed by atoms with E-state index in [1.807, 2.05) is 0 Å². The summed E-state index contributed by atoms with van der Waals surface area (Å²) >= 11 is 8.81. The van der Waals surface area contributed by atoms with Gasteiger partial charge in [-0.2, -0.15) is 0 Å². The fraction of sp³-hybridized carbons (Fsp3) is 0.182. The molecule has 0 spiro atoms. The summed E-state index contributed by atoms with van der Waals surface area (Å²) in [5.74, 6) is 0.157. The number of halogens is 4. The quantitative estimate of drug-likeness (QED) is 0.797. The lowest BCUT2D eigenvalue weighted by molar-refractivity contribution is 0.145. The van der Waals surface area contributed by atoms with Crippen LogP contribution in [0, 0.1) is 0 Å². The monoisotopic (exact) mass is 333 g/mol. The Morgan fingerprint density at radius 1 is 1.28 bits per heavy atom. The lowest BCUT2D eigenvalue weighted by Crippen LogP contribution is -2.01. The third-order valence-electron chi connectivity index (χ3n) is 2.21. The SMILES string of the molecule is FC(F)c1nc(-c2cncc(Br)c2)ncc1CCl. The topological polar surface area (TPSA) is 38.7 Å². The minimum Gasteiger partial charge on any atom is -0.263 e. The van der Waals surface area contributed by atoms with Crippen molar-refractivity contribution in [2.24, 2.45) is 0 Å². The van der Waals surface area contributed by atoms with Gasteiger partial charge in [0.15, 0.2) is 5.82 Å². The first-order valence-corrected chi connectivity index (χ1v) is 6.25. The van der Waals surface area contributed by atoms with Crippen LogP contribution in [0.1, 0.15) is 17.7 Å². The van der Waals surface area contributed by atoms with Gasteiger partial charge >= 0.3 is 0 Å². The van der Waals surface area contributed by atoms with E-state index in [1.54, 1.807) is 12.3 Å². The minimum absolute atomic E-state index is 0.0450. The van der Waals surface area contributed by atoms with Crippen molar-refractivity contribution in [3.8, 4) is 11.4 Å². The van der Waals surface area contributed by atoms with Crippen LogP contribution in [-0.2, 0) is 5.88 Å². The fourth-order valence-corrected chi connectivity index (χ4v) is 1.96. The molecule has 0 aromatic carbocycles. The first-order chi connectivity index (χ1) is 8.61. The Labute approximate surface area is 115 Å². The molecule has 2 heterocycles. The van der Waals surface area contributed by atoms with Crippen molar-refractivity contribution in [2.75, 3.05) is 0 Å². The molecule has 0 amide bonds. The second kappa shape index (κ2) is 5.67. The fourth-order valence-electron chi connectivity index (χ4n) is 1.39. The summed E-state index contributed by atoms with van der Waals surface area (Å²) in [5, 5.41) is 0. The van der Waals surface area contributed by atoms with E-state index in [0.29, 0.717) is 5.56 Å². The standard InChI is InChI=1S/C11H7BrClF2N3/c12-8-1-6(3-16-5-8)11-17-4-7(2-13)9(18-11)10(14)15/h1,3-5,10H,2H2. The third-order valence-corrected chi connectivity index (χ3v) is 2.93. The molecule has 0 unspecified atom stereocenters. The van der Waals surface area contributed by atoms with Gasteiger partial charge in [-0.3, -0.25) is 4.98 Å². The summed E-state index contributed by atoms with van der Waals surface area (Å²) in [4.78, 5) is 11.8. The van der Waals surface area contributed by atoms with E-state index in [9.17, 15) is 8.78 Å². The van der Waals surface area contributed by atoms with Crippen molar-refractivity contribution in [1.82, 2.24) is 15.0 Å². The maximum Gasteiger partial charge on any atom is 0.280 e. The summed E-state index contributed by atoms with van der Waals surface area (Å²) in [7, 11) is 0. The predicted molar refractivity (Wildman–Crippen MR) is 67.5 cm³/mol. The molecular weight excluding hydrogens is 327 g/mol. The highest BCUT2D eigenvalue weighted by atomic mass is 79.9. The molecule has 0 fully saturated rings. The van der Waals surface area contributed by atoms with Crippen molar-refractivity contribution < 1.29 is 8.78 Å². The minimum atomic E-state index is -2.68. The van der Waals surface area contributed by atoms with Gasteiger partial charge in [-0.05, 0) is 22.0 Å². The first-order valence-electron chi connectivity index (χ1n) is 4.92. The van der Waals surface area contributed by atoms with Crippen molar-refractivity contribution in [3.63, 3.8) is 0 Å². The Morgan fingerprint density at radius 3 is 2.67 bits per heavy atom. The Balaban J connectivity index is 2.50. The molecule has 0 aliphatic heterocycles. The molecule has 7 heteroatoms. The average molecular weight is 335 g/mol. The third kappa shape index (κ3) is 2.81. The van der Waals surface area contributed by atoms with Gasteiger partial charge in [0, 0.05) is 34.2 Å². The van der Waals surface area contributed by atoms with Crippen LogP contribution in [0.5, 0.6) is 0 Å². The Hall–Kier alpha value is -1.14. The van der Waals surface area contributed by atoms with Gasteiger partial charge in [-0.25, -0.2) is 18.7 Å². The highest BCUT2D eigenvalue weighted by molar-refractivity contribution is 9.10. The van der Waals surface area contributed by atoms with Crippen molar-refractivity contribution >= 4 is 27.5 Å². The molecule has 0 bridgehead atoms. The van der Waals surface area contributed by atoms with Gasteiger partial charge in [-0.15, -0.1) is 11.6 Å². The number of hydrogen-bond acceptors (Lipinski definition) is 3. The van der Waals surface area contributed by atoms with E-state index >= 15 is 0 Å². The summed E-state index contributed by atoms with van der Waals surface area (Å²) < 4.78 is 26.4. The van der Waals surface area contributed by atoms with Crippen molar-refractivity contribution in [2.45, 2.75) is 12.3 Å². The van der Waals surface area contributed by atoms with Gasteiger partial charge in [0.05, 0.1) is 5.88 Å². The molecule has 3 nitrogen and oxygen atoms in total. The highest BCUT2D eigenvalue weighted by Crippen LogP contribution is 2.25. The molecule has 0 saturated carbocycles. The molecule has 0 atom stereocenters. The zero-order valence-electron chi connectivity index (χ0n) is 8.95. The number of pyridine rings is 1. The van der Waals surface area contributed by atoms with Crippen molar-refractivity contribution in [1.29, 1.82) is 0 Å². The smallest absolute Gasteiger partial charge is 0.263 e. The molecule has 2 rings (SSSR count). The molecule has 0 aliphatic rings. The van der Waals surface area contributed by atoms with Crippen LogP contribution in [0.3, 0.4) is 0 Å². The molecule has 2 aromatic rings. The van der Waals surface area contributed by atoms with E-state index in [2.05, 4.69) is 30.9 Å². The Morgan fingerprint density at radius 2 is 2.06 bits per heavy atom. The second-order valence-electron chi connectivity index (χ2n) is 3.43. The number of aromatic nitrogens is 3. The molecule has 18 heavy (non-hydrogen) atoms. The molecule has 0 saturated heterocycles. The Bertz CT molecular complexity index is 566. The van der Waals surface area contributed by atoms with Crippen LogP contribution in [0.4, 0.5) is 8.78 Å². The molecule has 2 aromatic heterocycles. The molecular formula is C11H7BrClF2N3. The summed E-state index contributed by atoms with van der Waals surface area (Å²) in [6, 6.07) is 1.71. The van der Waals surface area contributed by atoms with E-state index in [0.717, 1.165) is 4.47 Å². The van der Waals surface area contributed by atoms with Crippen LogP contribution in [-0.4, -0.2) is 15.0 Å². The Kier molecular flexibility index (Phi) is 4.19. The van der Waals surface area contributed by atoms with Crippen molar-refractivity contribution in [3.05, 3.63) is 40.4 Å². The average Bonchev–Trinajstić information content (AvgIpc) is 2.38. The van der Waals surface area contributed by atoms with E-state index in [4.69, 9.17) is 11.6 Å². The van der Waals surface area contributed by atoms with Gasteiger partial charge < -0.3 is 0 Å². The summed E-state index contributed by atoms with van der Waals surface area (Å²) in [6.45, 7) is 0. The van der Waals surface area contributed by atoms with Crippen LogP contribution < -0.4 is 0 Å². The van der Waals surface area contributed by atoms with Gasteiger partial charge in [0.2, 0.25) is 0 Å². The van der Waals surface area contributed by atoms with Gasteiger partial charge in [0.25, 0.3) is 6.43 Å². The maximum absolute atomic E-state index is 12.8. The highest BCUT2D eigenvalue weighted by Gasteiger charge is 2.16. The van der Waals surface area contributed by atoms with E-state index in [-0.39, 0.29) is 23.0 Å². The van der Waals surface area contributed by atoms with E-state index in [1.165, 1.54) is 12.4 Å². The largest absolute Gasteiger partial charge is 0.280 e. The molecule has 0 aliphatic carbocycles. The second-order valence-corrected chi connectivity index (χ2v) is 4.61. The van der Waals surface area contributed by atoms with Crippen LogP contribution in [0.2, 0.25) is 0 Å². The lowest BCUT2D eigenvalue weighted by atomic mass is 10.2. The predicted octanol–water partition coefficient (Wildman–Crippen LogP) is 3.98. The first kappa shape index (κ1) is 13.3. The summed E-state index contributed by atoms with van der Waals surface area (Å²) in [6.07, 6.45) is 1.73. The number of rotatable bonds is 3. The normalized spacial score (nSPS) is 10.9. The number of hydrogen-bond donors (Lipinski definition) is 0. The maximum atomic E-state index is 12.8. The number of nitrogens with zero attached hydrogens (tertiary/aromatic N) is 3. The lowest BCUT2D eigenvalue weighted by Gasteiger charge is -2.07.